The van der Waals surface area contributed by atoms with Crippen LogP contribution in [0, 0.1) is 0 Å². The zero-order valence-corrected chi connectivity index (χ0v) is 10.5. The predicted octanol–water partition coefficient (Wildman–Crippen LogP) is 2.77. The molecule has 0 aliphatic rings. The van der Waals surface area contributed by atoms with E-state index in [-0.39, 0.29) is 5.75 Å². The number of hydrogen-bond donors (Lipinski definition) is 1. The number of phenols is 1. The Labute approximate surface area is 102 Å². The first-order valence-corrected chi connectivity index (χ1v) is 5.88. The molecule has 90 valence electrons. The van der Waals surface area contributed by atoms with Crippen LogP contribution < -0.4 is 4.74 Å². The maximum atomic E-state index is 9.18. The molecule has 0 radical (unpaired) electrons. The van der Waals surface area contributed by atoms with E-state index in [4.69, 9.17) is 16.3 Å². The Morgan fingerprint density at radius 3 is 2.56 bits per heavy atom. The molecule has 1 rings (SSSR count). The molecule has 1 N–H and O–H groups in total. The van der Waals surface area contributed by atoms with Crippen molar-refractivity contribution in [3.05, 3.63) is 23.2 Å². The predicted molar refractivity (Wildman–Crippen MR) is 66.4 cm³/mol. The van der Waals surface area contributed by atoms with Gasteiger partial charge in [-0.15, -0.1) is 0 Å². The fraction of sp³-hybridized carbons (Fsp3) is 0.500. The molecule has 16 heavy (non-hydrogen) atoms. The van der Waals surface area contributed by atoms with Crippen molar-refractivity contribution in [2.24, 2.45) is 0 Å². The van der Waals surface area contributed by atoms with E-state index < -0.39 is 0 Å². The highest BCUT2D eigenvalue weighted by Gasteiger charge is 2.03. The summed E-state index contributed by atoms with van der Waals surface area (Å²) in [5.41, 5.74) is 0. The number of ether oxygens (including phenoxy) is 1. The van der Waals surface area contributed by atoms with Crippen LogP contribution in [0.25, 0.3) is 0 Å². The van der Waals surface area contributed by atoms with E-state index in [0.717, 1.165) is 19.6 Å². The Bertz CT molecular complexity index is 327. The van der Waals surface area contributed by atoms with Crippen LogP contribution in [0.15, 0.2) is 18.2 Å². The SMILES string of the molecule is CCN(CC)CCOc1ccc(O)cc1Cl. The lowest BCUT2D eigenvalue weighted by atomic mass is 10.3. The molecule has 0 heterocycles. The molecule has 0 bridgehead atoms. The van der Waals surface area contributed by atoms with Crippen molar-refractivity contribution in [2.45, 2.75) is 13.8 Å². The molecule has 0 aliphatic heterocycles. The van der Waals surface area contributed by atoms with Crippen LogP contribution in [0.5, 0.6) is 11.5 Å². The van der Waals surface area contributed by atoms with Gasteiger partial charge in [0, 0.05) is 12.6 Å². The van der Waals surface area contributed by atoms with E-state index >= 15 is 0 Å². The standard InChI is InChI=1S/C12H18ClNO2/c1-3-14(4-2)7-8-16-12-6-5-10(15)9-11(12)13/h5-6,9,15H,3-4,7-8H2,1-2H3. The number of benzene rings is 1. The number of likely N-dealkylation sites (N-methyl/N-ethyl adjacent to an activating group) is 1. The summed E-state index contributed by atoms with van der Waals surface area (Å²) in [7, 11) is 0. The molecule has 0 aliphatic carbocycles. The van der Waals surface area contributed by atoms with E-state index in [0.29, 0.717) is 17.4 Å². The number of phenolic OH excluding ortho intramolecular Hbond substituents is 1. The lowest BCUT2D eigenvalue weighted by Crippen LogP contribution is -2.27. The van der Waals surface area contributed by atoms with Gasteiger partial charge in [0.15, 0.2) is 0 Å². The van der Waals surface area contributed by atoms with Crippen molar-refractivity contribution in [2.75, 3.05) is 26.2 Å². The Hall–Kier alpha value is -0.930. The molecule has 3 nitrogen and oxygen atoms in total. The molecule has 0 saturated carbocycles. The van der Waals surface area contributed by atoms with Crippen LogP contribution in [0.4, 0.5) is 0 Å². The Balaban J connectivity index is 2.42. The van der Waals surface area contributed by atoms with Crippen molar-refractivity contribution in [1.29, 1.82) is 0 Å². The van der Waals surface area contributed by atoms with Crippen molar-refractivity contribution < 1.29 is 9.84 Å². The van der Waals surface area contributed by atoms with E-state index in [1.807, 2.05) is 0 Å². The van der Waals surface area contributed by atoms with Gasteiger partial charge >= 0.3 is 0 Å². The van der Waals surface area contributed by atoms with Gasteiger partial charge < -0.3 is 14.7 Å². The normalized spacial score (nSPS) is 10.8. The zero-order valence-electron chi connectivity index (χ0n) is 9.74. The molecule has 4 heteroatoms. The van der Waals surface area contributed by atoms with E-state index in [1.165, 1.54) is 6.07 Å². The van der Waals surface area contributed by atoms with E-state index in [9.17, 15) is 5.11 Å². The monoisotopic (exact) mass is 243 g/mol. The fourth-order valence-corrected chi connectivity index (χ4v) is 1.66. The zero-order chi connectivity index (χ0) is 12.0. The summed E-state index contributed by atoms with van der Waals surface area (Å²) >= 11 is 5.91. The van der Waals surface area contributed by atoms with Crippen LogP contribution in [0.3, 0.4) is 0 Å². The molecule has 0 aromatic heterocycles. The summed E-state index contributed by atoms with van der Waals surface area (Å²) < 4.78 is 5.54. The molecule has 0 unspecified atom stereocenters. The molecule has 0 atom stereocenters. The topological polar surface area (TPSA) is 32.7 Å². The van der Waals surface area contributed by atoms with Gasteiger partial charge in [0.25, 0.3) is 0 Å². The minimum atomic E-state index is 0.154. The molecular formula is C12H18ClNO2. The maximum absolute atomic E-state index is 9.18. The van der Waals surface area contributed by atoms with Crippen molar-refractivity contribution in [3.63, 3.8) is 0 Å². The average molecular weight is 244 g/mol. The second kappa shape index (κ2) is 6.61. The van der Waals surface area contributed by atoms with Gasteiger partial charge in [0.2, 0.25) is 0 Å². The van der Waals surface area contributed by atoms with E-state index in [2.05, 4.69) is 18.7 Å². The number of aromatic hydroxyl groups is 1. The second-order valence-electron chi connectivity index (χ2n) is 3.49. The van der Waals surface area contributed by atoms with Crippen LogP contribution in [0.2, 0.25) is 5.02 Å². The van der Waals surface area contributed by atoms with Crippen LogP contribution in [-0.2, 0) is 0 Å². The third-order valence-corrected chi connectivity index (χ3v) is 2.77. The quantitative estimate of drug-likeness (QED) is 0.834. The van der Waals surface area contributed by atoms with Gasteiger partial charge in [-0.3, -0.25) is 0 Å². The lowest BCUT2D eigenvalue weighted by molar-refractivity contribution is 0.223. The Morgan fingerprint density at radius 2 is 2.00 bits per heavy atom. The smallest absolute Gasteiger partial charge is 0.138 e. The molecular weight excluding hydrogens is 226 g/mol. The minimum absolute atomic E-state index is 0.154. The van der Waals surface area contributed by atoms with Crippen LogP contribution >= 0.6 is 11.6 Å². The highest BCUT2D eigenvalue weighted by atomic mass is 35.5. The van der Waals surface area contributed by atoms with Gasteiger partial charge in [0.05, 0.1) is 5.02 Å². The summed E-state index contributed by atoms with van der Waals surface area (Å²) in [6.45, 7) is 7.76. The summed E-state index contributed by atoms with van der Waals surface area (Å²) in [5.74, 6) is 0.771. The first-order valence-electron chi connectivity index (χ1n) is 5.51. The minimum Gasteiger partial charge on any atom is -0.508 e. The molecule has 0 saturated heterocycles. The molecule has 0 amide bonds. The van der Waals surface area contributed by atoms with Gasteiger partial charge in [-0.2, -0.15) is 0 Å². The Morgan fingerprint density at radius 1 is 1.31 bits per heavy atom. The summed E-state index contributed by atoms with van der Waals surface area (Å²) in [6.07, 6.45) is 0. The first-order chi connectivity index (χ1) is 7.67. The molecule has 0 spiro atoms. The van der Waals surface area contributed by atoms with Crippen molar-refractivity contribution in [3.8, 4) is 11.5 Å². The van der Waals surface area contributed by atoms with Gasteiger partial charge in [-0.1, -0.05) is 25.4 Å². The number of halogens is 1. The Kier molecular flexibility index (Phi) is 5.43. The number of hydrogen-bond acceptors (Lipinski definition) is 3. The number of rotatable bonds is 6. The molecule has 0 fully saturated rings. The summed E-state index contributed by atoms with van der Waals surface area (Å²) in [5, 5.41) is 9.62. The van der Waals surface area contributed by atoms with Gasteiger partial charge in [0.1, 0.15) is 18.1 Å². The van der Waals surface area contributed by atoms with Gasteiger partial charge in [-0.25, -0.2) is 0 Å². The third kappa shape index (κ3) is 3.91. The molecule has 1 aromatic carbocycles. The fourth-order valence-electron chi connectivity index (χ4n) is 1.43. The number of nitrogens with zero attached hydrogens (tertiary/aromatic N) is 1. The van der Waals surface area contributed by atoms with Crippen molar-refractivity contribution >= 4 is 11.6 Å². The maximum Gasteiger partial charge on any atom is 0.138 e. The van der Waals surface area contributed by atoms with E-state index in [1.54, 1.807) is 12.1 Å². The van der Waals surface area contributed by atoms with Crippen LogP contribution in [0.1, 0.15) is 13.8 Å². The largest absolute Gasteiger partial charge is 0.508 e. The van der Waals surface area contributed by atoms with Crippen molar-refractivity contribution in [1.82, 2.24) is 4.90 Å². The second-order valence-corrected chi connectivity index (χ2v) is 3.90. The lowest BCUT2D eigenvalue weighted by Gasteiger charge is -2.18. The highest BCUT2D eigenvalue weighted by Crippen LogP contribution is 2.27. The average Bonchev–Trinajstić information content (AvgIpc) is 2.27. The van der Waals surface area contributed by atoms with Crippen LogP contribution in [-0.4, -0.2) is 36.2 Å². The summed E-state index contributed by atoms with van der Waals surface area (Å²) in [6, 6.07) is 4.73. The first kappa shape index (κ1) is 13.1. The summed E-state index contributed by atoms with van der Waals surface area (Å²) in [4.78, 5) is 2.27. The third-order valence-electron chi connectivity index (χ3n) is 2.47. The molecule has 1 aromatic rings. The highest BCUT2D eigenvalue weighted by molar-refractivity contribution is 6.32. The van der Waals surface area contributed by atoms with Gasteiger partial charge in [-0.05, 0) is 25.2 Å².